The van der Waals surface area contributed by atoms with Crippen LogP contribution in [0.25, 0.3) is 28.1 Å². The van der Waals surface area contributed by atoms with Crippen molar-refractivity contribution in [2.45, 2.75) is 0 Å². The largest absolute Gasteiger partial charge is 0.493 e. The standard InChI is InChI=1S/C19H20N8O2/c1-25-17(28)11-27(19(25)29)16-9-12-14(10-21-16)23-24-18(12)13-3-2-4-15(22-13)26-7-5-20-6-8-26/h2-4,9-11,20,28H,5-8H2,1H3,(H,23,24). The lowest BCUT2D eigenvalue weighted by Gasteiger charge is -2.28. The van der Waals surface area contributed by atoms with Crippen LogP contribution in [0.4, 0.5) is 5.82 Å². The molecule has 4 aromatic rings. The molecule has 148 valence electrons. The highest BCUT2D eigenvalue weighted by atomic mass is 16.3. The Bertz CT molecular complexity index is 1250. The molecule has 1 fully saturated rings. The van der Waals surface area contributed by atoms with Crippen molar-refractivity contribution in [1.29, 1.82) is 0 Å². The van der Waals surface area contributed by atoms with Gasteiger partial charge in [0, 0.05) is 38.6 Å². The lowest BCUT2D eigenvalue weighted by atomic mass is 10.2. The Morgan fingerprint density at radius 3 is 2.76 bits per heavy atom. The quantitative estimate of drug-likeness (QED) is 0.468. The highest BCUT2D eigenvalue weighted by Gasteiger charge is 2.16. The Morgan fingerprint density at radius 1 is 1.17 bits per heavy atom. The summed E-state index contributed by atoms with van der Waals surface area (Å²) < 4.78 is 2.46. The zero-order chi connectivity index (χ0) is 20.0. The molecule has 5 rings (SSSR count). The van der Waals surface area contributed by atoms with Gasteiger partial charge in [0.2, 0.25) is 5.88 Å². The van der Waals surface area contributed by atoms with Crippen LogP contribution in [-0.2, 0) is 7.05 Å². The van der Waals surface area contributed by atoms with Crippen molar-refractivity contribution in [3.05, 3.63) is 47.1 Å². The van der Waals surface area contributed by atoms with Gasteiger partial charge in [0.1, 0.15) is 17.3 Å². The summed E-state index contributed by atoms with van der Waals surface area (Å²) in [6.45, 7) is 3.69. The van der Waals surface area contributed by atoms with Gasteiger partial charge in [-0.1, -0.05) is 6.07 Å². The van der Waals surface area contributed by atoms with Crippen LogP contribution in [0.1, 0.15) is 0 Å². The molecule has 10 nitrogen and oxygen atoms in total. The van der Waals surface area contributed by atoms with E-state index in [9.17, 15) is 9.90 Å². The minimum absolute atomic E-state index is 0.130. The molecule has 0 spiro atoms. The lowest BCUT2D eigenvalue weighted by molar-refractivity contribution is 0.429. The number of fused-ring (bicyclic) bond motifs is 1. The Morgan fingerprint density at radius 2 is 2.00 bits per heavy atom. The molecule has 0 aromatic carbocycles. The van der Waals surface area contributed by atoms with E-state index in [4.69, 9.17) is 4.98 Å². The maximum atomic E-state index is 12.3. The van der Waals surface area contributed by atoms with E-state index < -0.39 is 0 Å². The molecule has 5 heterocycles. The minimum atomic E-state index is -0.377. The molecular weight excluding hydrogens is 372 g/mol. The second-order valence-electron chi connectivity index (χ2n) is 6.98. The number of imidazole rings is 1. The fraction of sp³-hybridized carbons (Fsp3) is 0.263. The summed E-state index contributed by atoms with van der Waals surface area (Å²) >= 11 is 0. The number of piperazine rings is 1. The van der Waals surface area contributed by atoms with Crippen molar-refractivity contribution in [3.63, 3.8) is 0 Å². The van der Waals surface area contributed by atoms with Crippen molar-refractivity contribution in [3.8, 4) is 23.1 Å². The maximum Gasteiger partial charge on any atom is 0.336 e. The Labute approximate surface area is 165 Å². The summed E-state index contributed by atoms with van der Waals surface area (Å²) in [5.74, 6) is 1.19. The lowest BCUT2D eigenvalue weighted by Crippen LogP contribution is -2.43. The number of hydrogen-bond acceptors (Lipinski definition) is 7. The molecule has 4 aromatic heterocycles. The van der Waals surface area contributed by atoms with Crippen LogP contribution in [0, 0.1) is 0 Å². The first-order chi connectivity index (χ1) is 14.1. The fourth-order valence-electron chi connectivity index (χ4n) is 3.54. The summed E-state index contributed by atoms with van der Waals surface area (Å²) in [7, 11) is 1.50. The van der Waals surface area contributed by atoms with Crippen molar-refractivity contribution < 1.29 is 5.11 Å². The number of nitrogens with one attached hydrogen (secondary N) is 2. The fourth-order valence-corrected chi connectivity index (χ4v) is 3.54. The van der Waals surface area contributed by atoms with E-state index >= 15 is 0 Å². The van der Waals surface area contributed by atoms with Crippen LogP contribution >= 0.6 is 0 Å². The number of aromatic hydroxyl groups is 1. The van der Waals surface area contributed by atoms with Crippen LogP contribution in [-0.4, -0.2) is 60.6 Å². The number of anilines is 1. The van der Waals surface area contributed by atoms with Gasteiger partial charge >= 0.3 is 5.69 Å². The summed E-state index contributed by atoms with van der Waals surface area (Å²) in [6.07, 6.45) is 2.97. The van der Waals surface area contributed by atoms with Gasteiger partial charge in [-0.05, 0) is 18.2 Å². The third-order valence-corrected chi connectivity index (χ3v) is 5.18. The molecule has 0 aliphatic carbocycles. The van der Waals surface area contributed by atoms with Gasteiger partial charge in [-0.25, -0.2) is 19.3 Å². The Kier molecular flexibility index (Phi) is 4.06. The molecule has 0 bridgehead atoms. The van der Waals surface area contributed by atoms with Crippen molar-refractivity contribution in [2.75, 3.05) is 31.1 Å². The summed E-state index contributed by atoms with van der Waals surface area (Å²) in [6, 6.07) is 7.67. The normalized spacial score (nSPS) is 14.6. The number of aromatic nitrogens is 6. The van der Waals surface area contributed by atoms with Crippen LogP contribution in [0.15, 0.2) is 41.5 Å². The molecule has 10 heteroatoms. The molecule has 0 atom stereocenters. The Balaban J connectivity index is 1.59. The number of nitrogens with zero attached hydrogens (tertiary/aromatic N) is 6. The van der Waals surface area contributed by atoms with Gasteiger partial charge in [0.15, 0.2) is 0 Å². The van der Waals surface area contributed by atoms with E-state index in [0.717, 1.165) is 53.2 Å². The second kappa shape index (κ2) is 6.74. The van der Waals surface area contributed by atoms with E-state index in [0.29, 0.717) is 11.5 Å². The van der Waals surface area contributed by atoms with Crippen LogP contribution in [0.3, 0.4) is 0 Å². The first-order valence-corrected chi connectivity index (χ1v) is 9.37. The topological polar surface area (TPSA) is 117 Å². The van der Waals surface area contributed by atoms with Gasteiger partial charge in [0.25, 0.3) is 0 Å². The van der Waals surface area contributed by atoms with Crippen LogP contribution in [0.2, 0.25) is 0 Å². The van der Waals surface area contributed by atoms with E-state index in [1.807, 2.05) is 18.2 Å². The van der Waals surface area contributed by atoms with Crippen molar-refractivity contribution >= 4 is 16.7 Å². The molecule has 0 amide bonds. The van der Waals surface area contributed by atoms with Gasteiger partial charge in [-0.15, -0.1) is 0 Å². The van der Waals surface area contributed by atoms with Crippen LogP contribution in [0.5, 0.6) is 5.88 Å². The molecule has 29 heavy (non-hydrogen) atoms. The molecule has 0 saturated carbocycles. The predicted octanol–water partition coefficient (Wildman–Crippen LogP) is 0.624. The van der Waals surface area contributed by atoms with Crippen molar-refractivity contribution in [2.24, 2.45) is 7.05 Å². The Hall–Kier alpha value is -3.66. The highest BCUT2D eigenvalue weighted by molar-refractivity contribution is 5.92. The molecule has 3 N–H and O–H groups in total. The first-order valence-electron chi connectivity index (χ1n) is 9.37. The number of hydrogen-bond donors (Lipinski definition) is 3. The van der Waals surface area contributed by atoms with E-state index in [-0.39, 0.29) is 11.6 Å². The summed E-state index contributed by atoms with van der Waals surface area (Å²) in [5, 5.41) is 21.4. The molecule has 1 saturated heterocycles. The van der Waals surface area contributed by atoms with Gasteiger partial charge in [-0.3, -0.25) is 9.67 Å². The average Bonchev–Trinajstić information content (AvgIpc) is 3.30. The molecule has 0 radical (unpaired) electrons. The molecule has 0 unspecified atom stereocenters. The van der Waals surface area contributed by atoms with Crippen LogP contribution < -0.4 is 15.9 Å². The maximum absolute atomic E-state index is 12.3. The number of aromatic amines is 1. The van der Waals surface area contributed by atoms with Gasteiger partial charge in [-0.2, -0.15) is 5.10 Å². The molecule has 1 aliphatic rings. The average molecular weight is 392 g/mol. The zero-order valence-corrected chi connectivity index (χ0v) is 15.8. The number of rotatable bonds is 3. The van der Waals surface area contributed by atoms with E-state index in [1.165, 1.54) is 17.8 Å². The molecular formula is C19H20N8O2. The monoisotopic (exact) mass is 392 g/mol. The van der Waals surface area contributed by atoms with E-state index in [2.05, 4.69) is 25.4 Å². The zero-order valence-electron chi connectivity index (χ0n) is 15.8. The summed E-state index contributed by atoms with van der Waals surface area (Å²) in [5.41, 5.74) is 1.80. The third kappa shape index (κ3) is 2.93. The first kappa shape index (κ1) is 17.4. The number of pyridine rings is 2. The highest BCUT2D eigenvalue weighted by Crippen LogP contribution is 2.27. The smallest absolute Gasteiger partial charge is 0.336 e. The number of H-pyrrole nitrogens is 1. The molecule has 1 aliphatic heterocycles. The van der Waals surface area contributed by atoms with Crippen molar-refractivity contribution in [1.82, 2.24) is 34.6 Å². The van der Waals surface area contributed by atoms with Gasteiger partial charge < -0.3 is 15.3 Å². The SMILES string of the molecule is Cn1c(O)cn(-c2cc3c(-c4cccc(N5CCNCC5)n4)n[nH]c3cn2)c1=O. The third-order valence-electron chi connectivity index (χ3n) is 5.18. The second-order valence-corrected chi connectivity index (χ2v) is 6.98. The minimum Gasteiger partial charge on any atom is -0.493 e. The summed E-state index contributed by atoms with van der Waals surface area (Å²) in [4.78, 5) is 23.7. The predicted molar refractivity (Wildman–Crippen MR) is 108 cm³/mol. The van der Waals surface area contributed by atoms with E-state index in [1.54, 1.807) is 12.3 Å². The van der Waals surface area contributed by atoms with Gasteiger partial charge in [0.05, 0.1) is 23.6 Å².